The summed E-state index contributed by atoms with van der Waals surface area (Å²) in [7, 11) is 8.69. The normalized spacial score (nSPS) is 31.7. The maximum atomic E-state index is 13.0. The second kappa shape index (κ2) is 13.0. The van der Waals surface area contributed by atoms with Crippen LogP contribution in [0, 0.1) is 5.92 Å². The molecule has 2 aliphatic heterocycles. The van der Waals surface area contributed by atoms with Crippen molar-refractivity contribution in [2.45, 2.75) is 52.6 Å². The summed E-state index contributed by atoms with van der Waals surface area (Å²) in [5.74, 6) is 0.758. The van der Waals surface area contributed by atoms with Crippen molar-refractivity contribution in [3.63, 3.8) is 0 Å². The highest BCUT2D eigenvalue weighted by Crippen LogP contribution is 2.33. The number of rotatable bonds is 0. The zero-order valence-electron chi connectivity index (χ0n) is 17.7. The Morgan fingerprint density at radius 3 is 1.08 bits per heavy atom. The summed E-state index contributed by atoms with van der Waals surface area (Å²) in [5.41, 5.74) is -0.841. The molecule has 1 saturated carbocycles. The number of hydrogen-bond acceptors (Lipinski definition) is 4. The fourth-order valence-electron chi connectivity index (χ4n) is 3.18. The lowest BCUT2D eigenvalue weighted by Gasteiger charge is -2.28. The van der Waals surface area contributed by atoms with E-state index in [0.29, 0.717) is 0 Å². The predicted molar refractivity (Wildman–Crippen MR) is 114 cm³/mol. The number of likely N-dealkylation sites (N-methyl/N-ethyl adjacent to an activating group) is 4. The molecule has 0 aromatic heterocycles. The van der Waals surface area contributed by atoms with E-state index in [9.17, 15) is 4.39 Å². The van der Waals surface area contributed by atoms with Crippen LogP contribution in [0.15, 0.2) is 0 Å². The van der Waals surface area contributed by atoms with Crippen LogP contribution in [0.3, 0.4) is 0 Å². The van der Waals surface area contributed by atoms with Gasteiger partial charge in [-0.1, -0.05) is 14.4 Å². The van der Waals surface area contributed by atoms with Gasteiger partial charge < -0.3 is 19.6 Å². The first-order chi connectivity index (χ1) is 11.7. The van der Waals surface area contributed by atoms with Crippen molar-refractivity contribution < 1.29 is 4.39 Å². The van der Waals surface area contributed by atoms with Crippen molar-refractivity contribution in [2.24, 2.45) is 5.92 Å². The van der Waals surface area contributed by atoms with Crippen molar-refractivity contribution in [1.82, 2.24) is 19.6 Å². The highest BCUT2D eigenvalue weighted by atomic mass is 19.1. The van der Waals surface area contributed by atoms with Gasteiger partial charge in [0, 0.05) is 52.4 Å². The monoisotopic (exact) mass is 374 g/mol. The molecule has 3 rings (SSSR count). The van der Waals surface area contributed by atoms with E-state index in [1.54, 1.807) is 6.92 Å². The highest BCUT2D eigenvalue weighted by molar-refractivity contribution is 4.79. The molecule has 3 aliphatic rings. The molecular weight excluding hydrogens is 327 g/mol. The third-order valence-electron chi connectivity index (χ3n) is 5.77. The largest absolute Gasteiger partial charge is 0.304 e. The van der Waals surface area contributed by atoms with Crippen LogP contribution in [0.5, 0.6) is 0 Å². The van der Waals surface area contributed by atoms with E-state index in [1.165, 1.54) is 52.4 Å². The third-order valence-corrected chi connectivity index (χ3v) is 5.77. The average molecular weight is 375 g/mol. The minimum atomic E-state index is -0.841. The Balaban J connectivity index is 0.000000355. The second-order valence-corrected chi connectivity index (χ2v) is 8.81. The molecule has 5 heteroatoms. The van der Waals surface area contributed by atoms with E-state index >= 15 is 0 Å². The summed E-state index contributed by atoms with van der Waals surface area (Å²) in [6.07, 6.45) is 3.70. The molecule has 3 fully saturated rings. The van der Waals surface area contributed by atoms with E-state index in [4.69, 9.17) is 0 Å². The number of alkyl halides is 1. The van der Waals surface area contributed by atoms with Crippen LogP contribution in [-0.2, 0) is 0 Å². The van der Waals surface area contributed by atoms with Gasteiger partial charge in [-0.2, -0.15) is 0 Å². The van der Waals surface area contributed by atoms with Gasteiger partial charge in [0.15, 0.2) is 0 Å². The number of hydrogen-bond donors (Lipinski definition) is 0. The summed E-state index contributed by atoms with van der Waals surface area (Å²) in [4.78, 5) is 9.44. The molecule has 0 aromatic rings. The van der Waals surface area contributed by atoms with Gasteiger partial charge in [-0.15, -0.1) is 0 Å². The standard InChI is InChI=1S/C8H15F.2C6H14N2.CH4/c1-7-3-5-8(2,9)6-4-7;2*1-7-3-5-8(2)6-4-7;/h7H,3-6H2,1-2H3;2*3-6H2,1-2H3;1H4. The molecule has 0 amide bonds. The number of piperazine rings is 2. The fraction of sp³-hybridized carbons (Fsp3) is 1.00. The van der Waals surface area contributed by atoms with Gasteiger partial charge >= 0.3 is 0 Å². The van der Waals surface area contributed by atoms with Crippen LogP contribution >= 0.6 is 0 Å². The van der Waals surface area contributed by atoms with E-state index < -0.39 is 5.67 Å². The molecule has 1 aliphatic carbocycles. The molecule has 0 bridgehead atoms. The SMILES string of the molecule is C.CC1CCC(C)(F)CC1.CN1CCN(C)CC1.CN1CCN(C)CC1. The van der Waals surface area contributed by atoms with Gasteiger partial charge in [0.05, 0.1) is 0 Å². The Morgan fingerprint density at radius 2 is 0.885 bits per heavy atom. The molecular formula is C21H47FN4. The first kappa shape index (κ1) is 25.8. The molecule has 4 nitrogen and oxygen atoms in total. The number of halogens is 1. The van der Waals surface area contributed by atoms with Crippen LogP contribution in [0.25, 0.3) is 0 Å². The maximum Gasteiger partial charge on any atom is 0.108 e. The van der Waals surface area contributed by atoms with Gasteiger partial charge in [0.2, 0.25) is 0 Å². The van der Waals surface area contributed by atoms with E-state index in [0.717, 1.165) is 31.6 Å². The molecule has 0 radical (unpaired) electrons. The first-order valence-corrected chi connectivity index (χ1v) is 10.1. The molecule has 0 spiro atoms. The van der Waals surface area contributed by atoms with Gasteiger partial charge in [0.25, 0.3) is 0 Å². The number of nitrogens with zero attached hydrogens (tertiary/aromatic N) is 4. The summed E-state index contributed by atoms with van der Waals surface area (Å²) < 4.78 is 13.0. The zero-order valence-corrected chi connectivity index (χ0v) is 17.7. The Bertz CT molecular complexity index is 285. The lowest BCUT2D eigenvalue weighted by Crippen LogP contribution is -2.42. The zero-order chi connectivity index (χ0) is 18.9. The van der Waals surface area contributed by atoms with Crippen LogP contribution in [-0.4, -0.2) is 106 Å². The predicted octanol–water partition coefficient (Wildman–Crippen LogP) is 3.29. The maximum absolute atomic E-state index is 13.0. The lowest BCUT2D eigenvalue weighted by molar-refractivity contribution is 0.108. The molecule has 0 unspecified atom stereocenters. The van der Waals surface area contributed by atoms with Crippen LogP contribution in [0.4, 0.5) is 4.39 Å². The molecule has 2 heterocycles. The van der Waals surface area contributed by atoms with Crippen LogP contribution < -0.4 is 0 Å². The fourth-order valence-corrected chi connectivity index (χ4v) is 3.18. The van der Waals surface area contributed by atoms with Crippen molar-refractivity contribution >= 4 is 0 Å². The topological polar surface area (TPSA) is 13.0 Å². The van der Waals surface area contributed by atoms with Crippen molar-refractivity contribution in [2.75, 3.05) is 80.5 Å². The van der Waals surface area contributed by atoms with Gasteiger partial charge in [0.1, 0.15) is 5.67 Å². The van der Waals surface area contributed by atoms with E-state index in [-0.39, 0.29) is 7.43 Å². The molecule has 2 saturated heterocycles. The Morgan fingerprint density at radius 1 is 0.654 bits per heavy atom. The minimum absolute atomic E-state index is 0. The summed E-state index contributed by atoms with van der Waals surface area (Å²) in [6, 6.07) is 0. The van der Waals surface area contributed by atoms with E-state index in [1.807, 2.05) is 0 Å². The molecule has 0 aromatic carbocycles. The van der Waals surface area contributed by atoms with Gasteiger partial charge in [-0.25, -0.2) is 4.39 Å². The quantitative estimate of drug-likeness (QED) is 0.645. The van der Waals surface area contributed by atoms with Crippen LogP contribution in [0.1, 0.15) is 47.0 Å². The van der Waals surface area contributed by atoms with Crippen molar-refractivity contribution in [3.8, 4) is 0 Å². The molecule has 0 atom stereocenters. The van der Waals surface area contributed by atoms with Gasteiger partial charge in [-0.3, -0.25) is 0 Å². The average Bonchev–Trinajstić information content (AvgIpc) is 2.57. The Hall–Kier alpha value is -0.230. The molecule has 26 heavy (non-hydrogen) atoms. The Kier molecular flexibility index (Phi) is 12.9. The first-order valence-electron chi connectivity index (χ1n) is 10.1. The summed E-state index contributed by atoms with van der Waals surface area (Å²) >= 11 is 0. The molecule has 158 valence electrons. The van der Waals surface area contributed by atoms with Crippen molar-refractivity contribution in [3.05, 3.63) is 0 Å². The minimum Gasteiger partial charge on any atom is -0.304 e. The van der Waals surface area contributed by atoms with Crippen molar-refractivity contribution in [1.29, 1.82) is 0 Å². The Labute approximate surface area is 163 Å². The lowest BCUT2D eigenvalue weighted by atomic mass is 9.82. The molecule has 0 N–H and O–H groups in total. The van der Waals surface area contributed by atoms with E-state index in [2.05, 4.69) is 54.7 Å². The third kappa shape index (κ3) is 12.2. The van der Waals surface area contributed by atoms with Gasteiger partial charge in [-0.05, 0) is 66.7 Å². The summed E-state index contributed by atoms with van der Waals surface area (Å²) in [6.45, 7) is 13.8. The smallest absolute Gasteiger partial charge is 0.108 e. The highest BCUT2D eigenvalue weighted by Gasteiger charge is 2.28. The summed E-state index contributed by atoms with van der Waals surface area (Å²) in [5, 5.41) is 0. The van der Waals surface area contributed by atoms with Crippen LogP contribution in [0.2, 0.25) is 0 Å². The second-order valence-electron chi connectivity index (χ2n) is 8.81.